The van der Waals surface area contributed by atoms with Crippen LogP contribution in [0.2, 0.25) is 0 Å². The van der Waals surface area contributed by atoms with Gasteiger partial charge in [0.2, 0.25) is 0 Å². The number of nitrogens with zero attached hydrogens (tertiary/aromatic N) is 1. The van der Waals surface area contributed by atoms with Gasteiger partial charge in [-0.25, -0.2) is 0 Å². The molecule has 0 amide bonds. The third-order valence-electron chi connectivity index (χ3n) is 3.80. The van der Waals surface area contributed by atoms with Crippen LogP contribution in [-0.2, 0) is 0 Å². The predicted octanol–water partition coefficient (Wildman–Crippen LogP) is 4.84. The van der Waals surface area contributed by atoms with E-state index in [4.69, 9.17) is 17.0 Å². The highest BCUT2D eigenvalue weighted by atomic mass is 32.1. The minimum absolute atomic E-state index is 0.0745. The Bertz CT molecular complexity index is 806. The molecule has 0 saturated heterocycles. The van der Waals surface area contributed by atoms with Crippen LogP contribution in [0.25, 0.3) is 0 Å². The summed E-state index contributed by atoms with van der Waals surface area (Å²) < 4.78 is 5.11. The van der Waals surface area contributed by atoms with Crippen LogP contribution < -0.4 is 15.4 Å². The number of para-hydroxylation sites is 1. The quantitative estimate of drug-likeness (QED) is 0.452. The van der Waals surface area contributed by atoms with Crippen molar-refractivity contribution in [3.8, 4) is 5.75 Å². The molecule has 0 heterocycles. The van der Waals surface area contributed by atoms with Crippen molar-refractivity contribution in [2.45, 2.75) is 26.7 Å². The number of rotatable bonds is 5. The Kier molecular flexibility index (Phi) is 5.93. The Labute approximate surface area is 152 Å². The lowest BCUT2D eigenvalue weighted by Gasteiger charge is -2.17. The maximum Gasteiger partial charge on any atom is 0.311 e. The molecule has 7 heteroatoms. The average Bonchev–Trinajstić information content (AvgIpc) is 2.56. The molecule has 0 bridgehead atoms. The first-order valence-corrected chi connectivity index (χ1v) is 8.24. The Balaban J connectivity index is 2.23. The SMILES string of the molecule is COc1cc(NC(=S)Nc2ccccc2C(C)C)c(C)cc1[N+](=O)[O-]. The van der Waals surface area contributed by atoms with Gasteiger partial charge in [0.25, 0.3) is 0 Å². The highest BCUT2D eigenvalue weighted by Crippen LogP contribution is 2.33. The summed E-state index contributed by atoms with van der Waals surface area (Å²) in [5.41, 5.74) is 3.37. The first kappa shape index (κ1) is 18.7. The smallest absolute Gasteiger partial charge is 0.311 e. The predicted molar refractivity (Wildman–Crippen MR) is 105 cm³/mol. The number of methoxy groups -OCH3 is 1. The molecule has 0 fully saturated rings. The molecule has 0 aliphatic heterocycles. The number of anilines is 2. The maximum atomic E-state index is 11.1. The van der Waals surface area contributed by atoms with Crippen LogP contribution in [0.3, 0.4) is 0 Å². The van der Waals surface area contributed by atoms with E-state index in [2.05, 4.69) is 30.5 Å². The summed E-state index contributed by atoms with van der Waals surface area (Å²) in [6.07, 6.45) is 0. The first-order valence-electron chi connectivity index (χ1n) is 7.83. The molecule has 0 radical (unpaired) electrons. The van der Waals surface area contributed by atoms with Gasteiger partial charge in [-0.1, -0.05) is 32.0 Å². The minimum Gasteiger partial charge on any atom is -0.490 e. The van der Waals surface area contributed by atoms with Crippen LogP contribution in [0.4, 0.5) is 17.1 Å². The van der Waals surface area contributed by atoms with Gasteiger partial charge in [-0.2, -0.15) is 0 Å². The van der Waals surface area contributed by atoms with E-state index in [0.717, 1.165) is 11.3 Å². The van der Waals surface area contributed by atoms with Crippen molar-refractivity contribution >= 4 is 34.4 Å². The van der Waals surface area contributed by atoms with Gasteiger partial charge in [0, 0.05) is 23.5 Å². The second-order valence-corrected chi connectivity index (χ2v) is 6.33. The maximum absolute atomic E-state index is 11.1. The number of nitrogens with one attached hydrogen (secondary N) is 2. The van der Waals surface area contributed by atoms with Crippen molar-refractivity contribution in [3.05, 3.63) is 57.6 Å². The number of nitro benzene ring substituents is 1. The monoisotopic (exact) mass is 359 g/mol. The highest BCUT2D eigenvalue weighted by molar-refractivity contribution is 7.80. The van der Waals surface area contributed by atoms with Crippen molar-refractivity contribution in [1.82, 2.24) is 0 Å². The van der Waals surface area contributed by atoms with Crippen LogP contribution in [0, 0.1) is 17.0 Å². The lowest BCUT2D eigenvalue weighted by atomic mass is 10.0. The van der Waals surface area contributed by atoms with Gasteiger partial charge in [0.05, 0.1) is 12.0 Å². The Morgan fingerprint density at radius 3 is 2.44 bits per heavy atom. The van der Waals surface area contributed by atoms with Crippen molar-refractivity contribution < 1.29 is 9.66 Å². The van der Waals surface area contributed by atoms with E-state index in [1.807, 2.05) is 18.2 Å². The molecule has 0 aliphatic carbocycles. The topological polar surface area (TPSA) is 76.4 Å². The summed E-state index contributed by atoms with van der Waals surface area (Å²) in [5.74, 6) is 0.538. The number of hydrogen-bond acceptors (Lipinski definition) is 4. The van der Waals surface area contributed by atoms with Gasteiger partial charge in [-0.15, -0.1) is 0 Å². The van der Waals surface area contributed by atoms with Crippen molar-refractivity contribution in [2.75, 3.05) is 17.7 Å². The average molecular weight is 359 g/mol. The van der Waals surface area contributed by atoms with Gasteiger partial charge < -0.3 is 15.4 Å². The molecule has 0 spiro atoms. The van der Waals surface area contributed by atoms with Crippen LogP contribution >= 0.6 is 12.2 Å². The number of ether oxygens (including phenoxy) is 1. The zero-order valence-corrected chi connectivity index (χ0v) is 15.4. The summed E-state index contributed by atoms with van der Waals surface area (Å²) in [5, 5.41) is 17.8. The molecule has 0 aromatic heterocycles. The van der Waals surface area contributed by atoms with Crippen LogP contribution in [0.5, 0.6) is 5.75 Å². The summed E-state index contributed by atoms with van der Waals surface area (Å²) in [4.78, 5) is 10.6. The third-order valence-corrected chi connectivity index (χ3v) is 4.01. The first-order chi connectivity index (χ1) is 11.8. The Hall–Kier alpha value is -2.67. The van der Waals surface area contributed by atoms with Crippen molar-refractivity contribution in [1.29, 1.82) is 0 Å². The van der Waals surface area contributed by atoms with E-state index in [-0.39, 0.29) is 11.4 Å². The number of nitro groups is 1. The molecule has 132 valence electrons. The molecule has 0 unspecified atom stereocenters. The van der Waals surface area contributed by atoms with Gasteiger partial charge in [0.1, 0.15) is 0 Å². The molecule has 6 nitrogen and oxygen atoms in total. The summed E-state index contributed by atoms with van der Waals surface area (Å²) >= 11 is 5.39. The largest absolute Gasteiger partial charge is 0.490 e. The van der Waals surface area contributed by atoms with Gasteiger partial charge in [-0.3, -0.25) is 10.1 Å². The molecular weight excluding hydrogens is 338 g/mol. The number of benzene rings is 2. The van der Waals surface area contributed by atoms with E-state index in [0.29, 0.717) is 22.3 Å². The molecule has 0 aliphatic rings. The lowest BCUT2D eigenvalue weighted by molar-refractivity contribution is -0.385. The van der Waals surface area contributed by atoms with Gasteiger partial charge in [-0.05, 0) is 42.3 Å². The van der Waals surface area contributed by atoms with Crippen LogP contribution in [0.1, 0.15) is 30.9 Å². The Morgan fingerprint density at radius 1 is 1.20 bits per heavy atom. The highest BCUT2D eigenvalue weighted by Gasteiger charge is 2.18. The van der Waals surface area contributed by atoms with E-state index < -0.39 is 4.92 Å². The van der Waals surface area contributed by atoms with Gasteiger partial charge in [0.15, 0.2) is 10.9 Å². The molecular formula is C18H21N3O3S. The number of thiocarbonyl (C=S) groups is 1. The second kappa shape index (κ2) is 7.94. The standard InChI is InChI=1S/C18H21N3O3S/c1-11(2)13-7-5-6-8-14(13)19-18(25)20-15-10-17(24-4)16(21(22)23)9-12(15)3/h5-11H,1-4H3,(H2,19,20,25). The molecule has 2 aromatic rings. The second-order valence-electron chi connectivity index (χ2n) is 5.92. The molecule has 2 rings (SSSR count). The number of aryl methyl sites for hydroxylation is 1. The van der Waals surface area contributed by atoms with E-state index >= 15 is 0 Å². The fourth-order valence-corrected chi connectivity index (χ4v) is 2.72. The minimum atomic E-state index is -0.467. The zero-order chi connectivity index (χ0) is 18.6. The normalized spacial score (nSPS) is 10.4. The summed E-state index contributed by atoms with van der Waals surface area (Å²) in [6, 6.07) is 11.0. The molecule has 0 atom stereocenters. The zero-order valence-electron chi connectivity index (χ0n) is 14.6. The van der Waals surface area contributed by atoms with Crippen LogP contribution in [-0.4, -0.2) is 17.1 Å². The van der Waals surface area contributed by atoms with Crippen molar-refractivity contribution in [2.24, 2.45) is 0 Å². The van der Waals surface area contributed by atoms with E-state index in [1.165, 1.54) is 13.2 Å². The van der Waals surface area contributed by atoms with Gasteiger partial charge >= 0.3 is 5.69 Å². The fraction of sp³-hybridized carbons (Fsp3) is 0.278. The third kappa shape index (κ3) is 4.45. The molecule has 2 aromatic carbocycles. The number of hydrogen-bond donors (Lipinski definition) is 2. The van der Waals surface area contributed by atoms with E-state index in [9.17, 15) is 10.1 Å². The van der Waals surface area contributed by atoms with Crippen LogP contribution in [0.15, 0.2) is 36.4 Å². The molecule has 2 N–H and O–H groups in total. The fourth-order valence-electron chi connectivity index (χ4n) is 2.50. The van der Waals surface area contributed by atoms with E-state index in [1.54, 1.807) is 13.0 Å². The van der Waals surface area contributed by atoms with Crippen molar-refractivity contribution in [3.63, 3.8) is 0 Å². The molecule has 25 heavy (non-hydrogen) atoms. The lowest BCUT2D eigenvalue weighted by Crippen LogP contribution is -2.20. The summed E-state index contributed by atoms with van der Waals surface area (Å²) in [6.45, 7) is 6.00. The summed E-state index contributed by atoms with van der Waals surface area (Å²) in [7, 11) is 1.40. The molecule has 0 saturated carbocycles. The Morgan fingerprint density at radius 2 is 1.84 bits per heavy atom.